The van der Waals surface area contributed by atoms with Crippen molar-refractivity contribution < 1.29 is 14.3 Å². The summed E-state index contributed by atoms with van der Waals surface area (Å²) in [5.74, 6) is 1.97. The Hall–Kier alpha value is -2.36. The highest BCUT2D eigenvalue weighted by Crippen LogP contribution is 2.44. The Morgan fingerprint density at radius 3 is 2.96 bits per heavy atom. The van der Waals surface area contributed by atoms with E-state index in [9.17, 15) is 4.79 Å². The molecule has 2 heterocycles. The third-order valence-corrected chi connectivity index (χ3v) is 5.32. The molecule has 130 valence electrons. The summed E-state index contributed by atoms with van der Waals surface area (Å²) >= 11 is 0. The monoisotopic (exact) mass is 337 g/mol. The first-order valence-corrected chi connectivity index (χ1v) is 9.04. The molecule has 1 aromatic heterocycles. The molecule has 1 aromatic carbocycles. The molecule has 0 saturated heterocycles. The zero-order chi connectivity index (χ0) is 17.2. The molecule has 1 aliphatic heterocycles. The van der Waals surface area contributed by atoms with Crippen LogP contribution in [0.2, 0.25) is 0 Å². The van der Waals surface area contributed by atoms with Gasteiger partial charge in [0.2, 0.25) is 0 Å². The summed E-state index contributed by atoms with van der Waals surface area (Å²) in [6.45, 7) is 0.767. The van der Waals surface area contributed by atoms with Crippen LogP contribution in [0.3, 0.4) is 0 Å². The number of pyridine rings is 1. The summed E-state index contributed by atoms with van der Waals surface area (Å²) in [6.07, 6.45) is 8.84. The molecule has 0 N–H and O–H groups in total. The van der Waals surface area contributed by atoms with Crippen LogP contribution in [-0.2, 0) is 11.2 Å². The number of aryl methyl sites for hydroxylation is 1. The van der Waals surface area contributed by atoms with Crippen LogP contribution in [-0.4, -0.2) is 24.7 Å². The fraction of sp³-hybridized carbons (Fsp3) is 0.429. The van der Waals surface area contributed by atoms with E-state index in [1.807, 2.05) is 0 Å². The van der Waals surface area contributed by atoms with Crippen LogP contribution in [0.25, 0.3) is 0 Å². The van der Waals surface area contributed by atoms with Gasteiger partial charge in [0.1, 0.15) is 5.75 Å². The van der Waals surface area contributed by atoms with Crippen molar-refractivity contribution in [3.8, 4) is 5.75 Å². The standard InChI is InChI=1S/C21H23NO3/c1-24-21(23)19-8-10-22-13-17(19)5-4-15-9-11-25-20-12-16(14-2-3-14)6-7-18(15)20/h6-8,10,12-15H,2-5,9,11H2,1H3/t15-/m0/s1. The van der Waals surface area contributed by atoms with Crippen LogP contribution in [0.4, 0.5) is 0 Å². The van der Waals surface area contributed by atoms with Crippen LogP contribution < -0.4 is 4.74 Å². The fourth-order valence-electron chi connectivity index (χ4n) is 3.72. The second-order valence-corrected chi connectivity index (χ2v) is 6.97. The van der Waals surface area contributed by atoms with E-state index >= 15 is 0 Å². The minimum Gasteiger partial charge on any atom is -0.493 e. The summed E-state index contributed by atoms with van der Waals surface area (Å²) in [7, 11) is 1.42. The topological polar surface area (TPSA) is 48.4 Å². The van der Waals surface area contributed by atoms with E-state index in [0.717, 1.165) is 43.1 Å². The van der Waals surface area contributed by atoms with Gasteiger partial charge in [0.05, 0.1) is 19.3 Å². The molecule has 1 fully saturated rings. The van der Waals surface area contributed by atoms with E-state index in [1.165, 1.54) is 31.1 Å². The Labute approximate surface area is 148 Å². The van der Waals surface area contributed by atoms with Crippen LogP contribution in [0.15, 0.2) is 36.7 Å². The number of hydrogen-bond donors (Lipinski definition) is 0. The molecule has 1 aliphatic carbocycles. The minimum atomic E-state index is -0.293. The number of carbonyl (C=O) groups excluding carboxylic acids is 1. The van der Waals surface area contributed by atoms with Crippen molar-refractivity contribution in [2.45, 2.75) is 43.9 Å². The lowest BCUT2D eigenvalue weighted by atomic mass is 9.86. The van der Waals surface area contributed by atoms with Gasteiger partial charge in [-0.05, 0) is 72.8 Å². The van der Waals surface area contributed by atoms with Crippen molar-refractivity contribution in [1.29, 1.82) is 0 Å². The van der Waals surface area contributed by atoms with E-state index in [4.69, 9.17) is 9.47 Å². The van der Waals surface area contributed by atoms with E-state index < -0.39 is 0 Å². The van der Waals surface area contributed by atoms with Crippen molar-refractivity contribution in [1.82, 2.24) is 4.98 Å². The molecule has 1 saturated carbocycles. The number of fused-ring (bicyclic) bond motifs is 1. The van der Waals surface area contributed by atoms with Gasteiger partial charge < -0.3 is 9.47 Å². The minimum absolute atomic E-state index is 0.293. The molecular weight excluding hydrogens is 314 g/mol. The molecule has 0 bridgehead atoms. The lowest BCUT2D eigenvalue weighted by molar-refractivity contribution is 0.0599. The Balaban J connectivity index is 1.51. The molecular formula is C21H23NO3. The second kappa shape index (κ2) is 6.87. The van der Waals surface area contributed by atoms with Crippen molar-refractivity contribution in [3.63, 3.8) is 0 Å². The molecule has 25 heavy (non-hydrogen) atoms. The average Bonchev–Trinajstić information content (AvgIpc) is 3.50. The Morgan fingerprint density at radius 1 is 1.28 bits per heavy atom. The predicted octanol–water partition coefficient (Wildman–Crippen LogP) is 4.24. The lowest BCUT2D eigenvalue weighted by Gasteiger charge is -2.26. The number of hydrogen-bond acceptors (Lipinski definition) is 4. The second-order valence-electron chi connectivity index (χ2n) is 6.97. The molecule has 2 aromatic rings. The van der Waals surface area contributed by atoms with E-state index in [1.54, 1.807) is 18.5 Å². The zero-order valence-electron chi connectivity index (χ0n) is 14.5. The maximum absolute atomic E-state index is 11.9. The maximum Gasteiger partial charge on any atom is 0.338 e. The van der Waals surface area contributed by atoms with Gasteiger partial charge in [0.15, 0.2) is 0 Å². The number of nitrogens with zero attached hydrogens (tertiary/aromatic N) is 1. The number of rotatable bonds is 5. The van der Waals surface area contributed by atoms with Gasteiger partial charge in [0.25, 0.3) is 0 Å². The number of methoxy groups -OCH3 is 1. The van der Waals surface area contributed by atoms with Crippen molar-refractivity contribution in [2.24, 2.45) is 0 Å². The molecule has 0 spiro atoms. The van der Waals surface area contributed by atoms with Gasteiger partial charge in [-0.25, -0.2) is 4.79 Å². The molecule has 4 heteroatoms. The summed E-state index contributed by atoms with van der Waals surface area (Å²) in [6, 6.07) is 8.49. The number of carbonyl (C=O) groups is 1. The maximum atomic E-state index is 11.9. The van der Waals surface area contributed by atoms with Crippen LogP contribution in [0.5, 0.6) is 5.75 Å². The Bertz CT molecular complexity index is 782. The normalized spacial score (nSPS) is 19.0. The number of esters is 1. The Morgan fingerprint density at radius 2 is 2.16 bits per heavy atom. The summed E-state index contributed by atoms with van der Waals surface area (Å²) in [5, 5.41) is 0. The number of ether oxygens (including phenoxy) is 2. The van der Waals surface area contributed by atoms with E-state index in [2.05, 4.69) is 23.2 Å². The summed E-state index contributed by atoms with van der Waals surface area (Å²) in [4.78, 5) is 16.1. The molecule has 0 amide bonds. The SMILES string of the molecule is COC(=O)c1ccncc1CC[C@H]1CCOc2cc(C3CC3)ccc21. The lowest BCUT2D eigenvalue weighted by Crippen LogP contribution is -2.16. The first kappa shape index (κ1) is 16.1. The van der Waals surface area contributed by atoms with E-state index in [0.29, 0.717) is 11.5 Å². The van der Waals surface area contributed by atoms with Gasteiger partial charge in [-0.15, -0.1) is 0 Å². The van der Waals surface area contributed by atoms with Crippen LogP contribution >= 0.6 is 0 Å². The summed E-state index contributed by atoms with van der Waals surface area (Å²) < 4.78 is 10.8. The predicted molar refractivity (Wildman–Crippen MR) is 95.2 cm³/mol. The van der Waals surface area contributed by atoms with Crippen LogP contribution in [0, 0.1) is 0 Å². The smallest absolute Gasteiger partial charge is 0.338 e. The van der Waals surface area contributed by atoms with Gasteiger partial charge in [-0.3, -0.25) is 4.98 Å². The van der Waals surface area contributed by atoms with Crippen molar-refractivity contribution in [2.75, 3.05) is 13.7 Å². The molecule has 1 atom stereocenters. The van der Waals surface area contributed by atoms with E-state index in [-0.39, 0.29) is 5.97 Å². The third-order valence-electron chi connectivity index (χ3n) is 5.32. The fourth-order valence-corrected chi connectivity index (χ4v) is 3.72. The quantitative estimate of drug-likeness (QED) is 0.766. The van der Waals surface area contributed by atoms with Crippen LogP contribution in [0.1, 0.15) is 64.6 Å². The van der Waals surface area contributed by atoms with Gasteiger partial charge >= 0.3 is 5.97 Å². The molecule has 4 nitrogen and oxygen atoms in total. The first-order chi connectivity index (χ1) is 12.3. The highest BCUT2D eigenvalue weighted by Gasteiger charge is 2.27. The molecule has 0 radical (unpaired) electrons. The zero-order valence-corrected chi connectivity index (χ0v) is 14.5. The third kappa shape index (κ3) is 3.39. The number of benzene rings is 1. The first-order valence-electron chi connectivity index (χ1n) is 9.04. The highest BCUT2D eigenvalue weighted by molar-refractivity contribution is 5.90. The average molecular weight is 337 g/mol. The number of aromatic nitrogens is 1. The molecule has 0 unspecified atom stereocenters. The molecule has 4 rings (SSSR count). The highest BCUT2D eigenvalue weighted by atomic mass is 16.5. The largest absolute Gasteiger partial charge is 0.493 e. The van der Waals surface area contributed by atoms with Crippen molar-refractivity contribution in [3.05, 3.63) is 58.9 Å². The van der Waals surface area contributed by atoms with Gasteiger partial charge in [0, 0.05) is 12.4 Å². The Kier molecular flexibility index (Phi) is 4.43. The van der Waals surface area contributed by atoms with Gasteiger partial charge in [-0.1, -0.05) is 12.1 Å². The van der Waals surface area contributed by atoms with Gasteiger partial charge in [-0.2, -0.15) is 0 Å². The molecule has 2 aliphatic rings. The summed E-state index contributed by atoms with van der Waals surface area (Å²) in [5.41, 5.74) is 4.30. The van der Waals surface area contributed by atoms with Crippen molar-refractivity contribution >= 4 is 5.97 Å².